The van der Waals surface area contributed by atoms with Gasteiger partial charge in [-0.25, -0.2) is 4.98 Å². The van der Waals surface area contributed by atoms with E-state index in [0.717, 1.165) is 50.4 Å². The van der Waals surface area contributed by atoms with Crippen LogP contribution in [0.3, 0.4) is 0 Å². The maximum absolute atomic E-state index is 6.30. The van der Waals surface area contributed by atoms with Crippen LogP contribution in [0.1, 0.15) is 18.9 Å². The van der Waals surface area contributed by atoms with Gasteiger partial charge in [0.25, 0.3) is 0 Å². The van der Waals surface area contributed by atoms with Gasteiger partial charge >= 0.3 is 0 Å². The summed E-state index contributed by atoms with van der Waals surface area (Å²) in [5, 5.41) is 0. The fourth-order valence-electron chi connectivity index (χ4n) is 3.72. The minimum absolute atomic E-state index is 0.419. The van der Waals surface area contributed by atoms with E-state index in [2.05, 4.69) is 43.8 Å². The van der Waals surface area contributed by atoms with Crippen molar-refractivity contribution in [3.05, 3.63) is 54.2 Å². The SMILES string of the molecule is CCCc1ccc(-c2c(N)nc(N3CCN(c4ccccn4)CC3)nc2N)cc1. The van der Waals surface area contributed by atoms with Crippen LogP contribution in [0.15, 0.2) is 48.7 Å². The van der Waals surface area contributed by atoms with Gasteiger partial charge in [0.2, 0.25) is 5.95 Å². The molecule has 7 heteroatoms. The highest BCUT2D eigenvalue weighted by Crippen LogP contribution is 2.31. The average molecular weight is 390 g/mol. The van der Waals surface area contributed by atoms with Crippen LogP contribution in [0.2, 0.25) is 0 Å². The first-order valence-corrected chi connectivity index (χ1v) is 10.1. The summed E-state index contributed by atoms with van der Waals surface area (Å²) in [4.78, 5) is 18.0. The molecule has 1 aliphatic rings. The van der Waals surface area contributed by atoms with E-state index in [4.69, 9.17) is 11.5 Å². The largest absolute Gasteiger partial charge is 0.383 e. The van der Waals surface area contributed by atoms with Crippen LogP contribution in [0.4, 0.5) is 23.4 Å². The Balaban J connectivity index is 1.50. The summed E-state index contributed by atoms with van der Waals surface area (Å²) in [6.45, 7) is 5.45. The number of nitrogens with two attached hydrogens (primary N) is 2. The van der Waals surface area contributed by atoms with E-state index < -0.39 is 0 Å². The number of aryl methyl sites for hydroxylation is 1. The second-order valence-electron chi connectivity index (χ2n) is 7.28. The number of piperazine rings is 1. The molecule has 7 nitrogen and oxygen atoms in total. The maximum atomic E-state index is 6.30. The summed E-state index contributed by atoms with van der Waals surface area (Å²) in [6.07, 6.45) is 4.00. The Hall–Kier alpha value is -3.35. The van der Waals surface area contributed by atoms with Crippen LogP contribution < -0.4 is 21.3 Å². The number of pyridine rings is 1. The van der Waals surface area contributed by atoms with Crippen LogP contribution in [0.25, 0.3) is 11.1 Å². The molecule has 3 aromatic rings. The molecule has 150 valence electrons. The molecule has 0 amide bonds. The summed E-state index contributed by atoms with van der Waals surface area (Å²) in [6, 6.07) is 14.3. The maximum Gasteiger partial charge on any atom is 0.229 e. The third-order valence-electron chi connectivity index (χ3n) is 5.27. The Bertz CT molecular complexity index is 926. The smallest absolute Gasteiger partial charge is 0.229 e. The van der Waals surface area contributed by atoms with Crippen molar-refractivity contribution in [2.75, 3.05) is 47.4 Å². The lowest BCUT2D eigenvalue weighted by atomic mass is 10.0. The fraction of sp³-hybridized carbons (Fsp3) is 0.318. The lowest BCUT2D eigenvalue weighted by Crippen LogP contribution is -2.47. The predicted octanol–water partition coefficient (Wildman–Crippen LogP) is 2.98. The van der Waals surface area contributed by atoms with Gasteiger partial charge in [-0.15, -0.1) is 0 Å². The third kappa shape index (κ3) is 4.08. The molecule has 4 N–H and O–H groups in total. The van der Waals surface area contributed by atoms with E-state index in [1.165, 1.54) is 5.56 Å². The molecule has 0 bridgehead atoms. The highest BCUT2D eigenvalue weighted by atomic mass is 15.3. The van der Waals surface area contributed by atoms with E-state index in [9.17, 15) is 0 Å². The van der Waals surface area contributed by atoms with E-state index in [-0.39, 0.29) is 0 Å². The summed E-state index contributed by atoms with van der Waals surface area (Å²) < 4.78 is 0. The van der Waals surface area contributed by atoms with Crippen LogP contribution in [0.5, 0.6) is 0 Å². The van der Waals surface area contributed by atoms with Gasteiger partial charge in [-0.1, -0.05) is 43.7 Å². The first kappa shape index (κ1) is 19.0. The van der Waals surface area contributed by atoms with Crippen LogP contribution in [-0.4, -0.2) is 41.1 Å². The summed E-state index contributed by atoms with van der Waals surface area (Å²) in [7, 11) is 0. The zero-order chi connectivity index (χ0) is 20.2. The standard InChI is InChI=1S/C22H27N7/c1-2-5-16-7-9-17(10-8-16)19-20(23)26-22(27-21(19)24)29-14-12-28(13-15-29)18-6-3-4-11-25-18/h3-4,6-11H,2,5,12-15H2,1H3,(H4,23,24,26,27). The Kier molecular flexibility index (Phi) is 5.46. The number of nitrogens with zero attached hydrogens (tertiary/aromatic N) is 5. The Morgan fingerprint density at radius 2 is 1.52 bits per heavy atom. The zero-order valence-corrected chi connectivity index (χ0v) is 16.8. The van der Waals surface area contributed by atoms with Crippen molar-refractivity contribution in [2.45, 2.75) is 19.8 Å². The van der Waals surface area contributed by atoms with Gasteiger partial charge in [-0.05, 0) is 29.7 Å². The molecule has 1 aromatic carbocycles. The molecular weight excluding hydrogens is 362 g/mol. The van der Waals surface area contributed by atoms with Gasteiger partial charge in [0.05, 0.1) is 5.56 Å². The summed E-state index contributed by atoms with van der Waals surface area (Å²) in [5.41, 5.74) is 15.6. The number of hydrogen-bond donors (Lipinski definition) is 2. The number of hydrogen-bond acceptors (Lipinski definition) is 7. The van der Waals surface area contributed by atoms with Gasteiger partial charge in [0, 0.05) is 32.4 Å². The van der Waals surface area contributed by atoms with Crippen molar-refractivity contribution in [1.82, 2.24) is 15.0 Å². The van der Waals surface area contributed by atoms with Crippen molar-refractivity contribution in [2.24, 2.45) is 0 Å². The Labute approximate surface area is 171 Å². The number of nitrogen functional groups attached to an aromatic ring is 2. The minimum atomic E-state index is 0.419. The van der Waals surface area contributed by atoms with E-state index in [1.54, 1.807) is 0 Å². The lowest BCUT2D eigenvalue weighted by Gasteiger charge is -2.35. The molecule has 2 aromatic heterocycles. The molecule has 0 aliphatic carbocycles. The zero-order valence-electron chi connectivity index (χ0n) is 16.8. The number of rotatable bonds is 5. The molecule has 1 fully saturated rings. The lowest BCUT2D eigenvalue weighted by molar-refractivity contribution is 0.635. The quantitative estimate of drug-likeness (QED) is 0.692. The van der Waals surface area contributed by atoms with Crippen LogP contribution >= 0.6 is 0 Å². The molecule has 0 unspecified atom stereocenters. The number of benzene rings is 1. The van der Waals surface area contributed by atoms with Crippen molar-refractivity contribution < 1.29 is 0 Å². The number of anilines is 4. The second kappa shape index (κ2) is 8.34. The molecule has 1 saturated heterocycles. The normalized spacial score (nSPS) is 14.2. The third-order valence-corrected chi connectivity index (χ3v) is 5.27. The molecular formula is C22H27N7. The highest BCUT2D eigenvalue weighted by Gasteiger charge is 2.22. The van der Waals surface area contributed by atoms with E-state index >= 15 is 0 Å². The molecule has 1 aliphatic heterocycles. The molecule has 0 atom stereocenters. The van der Waals surface area contributed by atoms with Gasteiger partial charge in [-0.3, -0.25) is 0 Å². The first-order chi connectivity index (χ1) is 14.2. The second-order valence-corrected chi connectivity index (χ2v) is 7.28. The predicted molar refractivity (Wildman–Crippen MR) is 119 cm³/mol. The first-order valence-electron chi connectivity index (χ1n) is 10.1. The monoisotopic (exact) mass is 389 g/mol. The summed E-state index contributed by atoms with van der Waals surface area (Å²) in [5.74, 6) is 2.42. The Morgan fingerprint density at radius 3 is 2.10 bits per heavy atom. The van der Waals surface area contributed by atoms with Gasteiger partial charge < -0.3 is 21.3 Å². The topological polar surface area (TPSA) is 97.2 Å². The average Bonchev–Trinajstić information content (AvgIpc) is 2.75. The highest BCUT2D eigenvalue weighted by molar-refractivity contribution is 5.83. The van der Waals surface area contributed by atoms with Gasteiger partial charge in [-0.2, -0.15) is 9.97 Å². The Morgan fingerprint density at radius 1 is 0.862 bits per heavy atom. The van der Waals surface area contributed by atoms with Crippen molar-refractivity contribution in [3.63, 3.8) is 0 Å². The molecule has 29 heavy (non-hydrogen) atoms. The van der Waals surface area contributed by atoms with Crippen LogP contribution in [0, 0.1) is 0 Å². The molecule has 3 heterocycles. The molecule has 0 spiro atoms. The van der Waals surface area contributed by atoms with E-state index in [0.29, 0.717) is 23.1 Å². The van der Waals surface area contributed by atoms with Crippen LogP contribution in [-0.2, 0) is 6.42 Å². The van der Waals surface area contributed by atoms with Gasteiger partial charge in [0.1, 0.15) is 17.5 Å². The van der Waals surface area contributed by atoms with E-state index in [1.807, 2.05) is 36.5 Å². The van der Waals surface area contributed by atoms with Crippen molar-refractivity contribution in [3.8, 4) is 11.1 Å². The molecule has 0 saturated carbocycles. The molecule has 4 rings (SSSR count). The fourth-order valence-corrected chi connectivity index (χ4v) is 3.72. The van der Waals surface area contributed by atoms with Crippen molar-refractivity contribution >= 4 is 23.4 Å². The van der Waals surface area contributed by atoms with Crippen molar-refractivity contribution in [1.29, 1.82) is 0 Å². The summed E-state index contributed by atoms with van der Waals surface area (Å²) >= 11 is 0. The molecule has 0 radical (unpaired) electrons. The minimum Gasteiger partial charge on any atom is -0.383 e. The van der Waals surface area contributed by atoms with Gasteiger partial charge in [0.15, 0.2) is 0 Å². The number of aromatic nitrogens is 3.